The minimum atomic E-state index is -5.08. The number of benzene rings is 1. The Morgan fingerprint density at radius 1 is 1.14 bits per heavy atom. The molecule has 2 amide bonds. The SMILES string of the molecule is CCOC(=O)C1=C(C(F)(F)F)NC(C)=C(C(=O)OCCN2C(=O)CCC2=O)C1c1cccc([N+](=O)[O-])c1. The minimum absolute atomic E-state index is 0.0176. The quantitative estimate of drug-likeness (QED) is 0.234. The molecule has 198 valence electrons. The molecule has 1 N–H and O–H groups in total. The van der Waals surface area contributed by atoms with Crippen molar-refractivity contribution in [3.8, 4) is 0 Å². The normalized spacial score (nSPS) is 18.2. The van der Waals surface area contributed by atoms with E-state index in [0.29, 0.717) is 0 Å². The Kier molecular flexibility index (Phi) is 7.99. The molecule has 1 unspecified atom stereocenters. The number of hydrogen-bond donors (Lipinski definition) is 1. The minimum Gasteiger partial charge on any atom is -0.463 e. The number of nitrogens with zero attached hydrogens (tertiary/aromatic N) is 2. The van der Waals surface area contributed by atoms with Crippen molar-refractivity contribution < 1.29 is 46.7 Å². The smallest absolute Gasteiger partial charge is 0.431 e. The lowest BCUT2D eigenvalue weighted by molar-refractivity contribution is -0.384. The largest absolute Gasteiger partial charge is 0.463 e. The van der Waals surface area contributed by atoms with Crippen LogP contribution in [0.1, 0.15) is 38.2 Å². The Bertz CT molecular complexity index is 1210. The van der Waals surface area contributed by atoms with E-state index in [2.05, 4.69) is 0 Å². The van der Waals surface area contributed by atoms with Crippen LogP contribution < -0.4 is 5.32 Å². The van der Waals surface area contributed by atoms with E-state index in [1.54, 1.807) is 0 Å². The average molecular weight is 525 g/mol. The van der Waals surface area contributed by atoms with Crippen molar-refractivity contribution in [2.75, 3.05) is 19.8 Å². The third-order valence-electron chi connectivity index (χ3n) is 5.68. The van der Waals surface area contributed by atoms with Crippen LogP contribution in [0.25, 0.3) is 0 Å². The molecule has 37 heavy (non-hydrogen) atoms. The molecule has 1 saturated heterocycles. The summed E-state index contributed by atoms with van der Waals surface area (Å²) in [5, 5.41) is 13.4. The number of carbonyl (C=O) groups is 4. The zero-order valence-corrected chi connectivity index (χ0v) is 19.7. The topological polar surface area (TPSA) is 145 Å². The number of nitro benzene ring substituents is 1. The predicted octanol–water partition coefficient (Wildman–Crippen LogP) is 2.63. The highest BCUT2D eigenvalue weighted by atomic mass is 19.4. The van der Waals surface area contributed by atoms with Crippen LogP contribution >= 0.6 is 0 Å². The number of halogens is 3. The summed E-state index contributed by atoms with van der Waals surface area (Å²) in [4.78, 5) is 60.9. The molecule has 0 aliphatic carbocycles. The first kappa shape index (κ1) is 27.4. The van der Waals surface area contributed by atoms with Gasteiger partial charge in [-0.1, -0.05) is 12.1 Å². The highest BCUT2D eigenvalue weighted by molar-refractivity contribution is 6.02. The molecule has 0 spiro atoms. The van der Waals surface area contributed by atoms with Gasteiger partial charge in [0.05, 0.1) is 35.1 Å². The van der Waals surface area contributed by atoms with Gasteiger partial charge in [-0.05, 0) is 19.4 Å². The van der Waals surface area contributed by atoms with Gasteiger partial charge < -0.3 is 14.8 Å². The molecule has 0 saturated carbocycles. The number of nitrogens with one attached hydrogen (secondary N) is 1. The molecular weight excluding hydrogens is 503 g/mol. The Hall–Kier alpha value is -4.23. The second-order valence-corrected chi connectivity index (χ2v) is 8.03. The van der Waals surface area contributed by atoms with Crippen molar-refractivity contribution in [2.24, 2.45) is 0 Å². The molecule has 0 aromatic heterocycles. The number of dihydropyridines is 1. The number of rotatable bonds is 8. The van der Waals surface area contributed by atoms with E-state index < -0.39 is 69.9 Å². The molecule has 0 bridgehead atoms. The number of likely N-dealkylation sites (tertiary alicyclic amines) is 1. The fourth-order valence-corrected chi connectivity index (χ4v) is 4.08. The Morgan fingerprint density at radius 2 is 1.76 bits per heavy atom. The molecule has 0 radical (unpaired) electrons. The zero-order chi connectivity index (χ0) is 27.5. The Balaban J connectivity index is 2.06. The Labute approximate surface area is 208 Å². The van der Waals surface area contributed by atoms with Crippen LogP contribution in [0.4, 0.5) is 18.9 Å². The number of allylic oxidation sites excluding steroid dienone is 2. The molecule has 1 fully saturated rings. The first-order chi connectivity index (χ1) is 17.4. The van der Waals surface area contributed by atoms with Crippen LogP contribution in [0.2, 0.25) is 0 Å². The number of hydrogen-bond acceptors (Lipinski definition) is 9. The lowest BCUT2D eigenvalue weighted by atomic mass is 9.80. The van der Waals surface area contributed by atoms with Crippen molar-refractivity contribution in [1.29, 1.82) is 0 Å². The first-order valence-corrected chi connectivity index (χ1v) is 11.1. The molecular formula is C23H22F3N3O8. The van der Waals surface area contributed by atoms with E-state index >= 15 is 0 Å². The Morgan fingerprint density at radius 3 is 2.32 bits per heavy atom. The van der Waals surface area contributed by atoms with Gasteiger partial charge in [0, 0.05) is 30.7 Å². The molecule has 1 aromatic rings. The molecule has 1 aromatic carbocycles. The van der Waals surface area contributed by atoms with Gasteiger partial charge in [-0.3, -0.25) is 24.6 Å². The number of imide groups is 1. The van der Waals surface area contributed by atoms with E-state index in [1.807, 2.05) is 5.32 Å². The first-order valence-electron chi connectivity index (χ1n) is 11.1. The summed E-state index contributed by atoms with van der Waals surface area (Å²) in [6.45, 7) is 1.53. The van der Waals surface area contributed by atoms with Gasteiger partial charge >= 0.3 is 18.1 Å². The standard InChI is InChI=1S/C23H22F3N3O8/c1-3-36-22(33)19-18(13-5-4-6-14(11-13)29(34)35)17(12(2)27-20(19)23(24,25)26)21(32)37-10-9-28-15(30)7-8-16(28)31/h4-6,11,18,27H,3,7-10H2,1-2H3. The maximum atomic E-state index is 14.0. The number of non-ortho nitro benzene ring substituents is 1. The van der Waals surface area contributed by atoms with Crippen LogP contribution in [-0.2, 0) is 28.7 Å². The molecule has 2 aliphatic heterocycles. The van der Waals surface area contributed by atoms with Crippen molar-refractivity contribution in [2.45, 2.75) is 38.8 Å². The highest BCUT2D eigenvalue weighted by Gasteiger charge is 2.47. The maximum Gasteiger partial charge on any atom is 0.431 e. The third kappa shape index (κ3) is 5.78. The average Bonchev–Trinajstić information content (AvgIpc) is 3.15. The lowest BCUT2D eigenvalue weighted by Gasteiger charge is -2.32. The van der Waals surface area contributed by atoms with E-state index in [0.717, 1.165) is 24.0 Å². The van der Waals surface area contributed by atoms with Gasteiger partial charge in [0.15, 0.2) is 0 Å². The summed E-state index contributed by atoms with van der Waals surface area (Å²) in [7, 11) is 0. The second kappa shape index (κ2) is 10.8. The maximum absolute atomic E-state index is 14.0. The summed E-state index contributed by atoms with van der Waals surface area (Å²) in [6.07, 6.45) is -5.04. The van der Waals surface area contributed by atoms with Crippen molar-refractivity contribution >= 4 is 29.4 Å². The molecule has 1 atom stereocenters. The van der Waals surface area contributed by atoms with E-state index in [4.69, 9.17) is 9.47 Å². The number of esters is 2. The van der Waals surface area contributed by atoms with Crippen LogP contribution in [-0.4, -0.2) is 59.5 Å². The van der Waals surface area contributed by atoms with Gasteiger partial charge in [0.25, 0.3) is 5.69 Å². The van der Waals surface area contributed by atoms with Gasteiger partial charge in [0.1, 0.15) is 12.3 Å². The van der Waals surface area contributed by atoms with E-state index in [1.165, 1.54) is 19.1 Å². The number of nitro groups is 1. The number of amides is 2. The van der Waals surface area contributed by atoms with Crippen LogP contribution in [0.3, 0.4) is 0 Å². The summed E-state index contributed by atoms with van der Waals surface area (Å²) in [5.74, 6) is -5.17. The van der Waals surface area contributed by atoms with Crippen molar-refractivity contribution in [1.82, 2.24) is 10.2 Å². The zero-order valence-electron chi connectivity index (χ0n) is 19.7. The van der Waals surface area contributed by atoms with Crippen LogP contribution in [0.15, 0.2) is 46.8 Å². The third-order valence-corrected chi connectivity index (χ3v) is 5.68. The monoisotopic (exact) mass is 525 g/mol. The fraction of sp³-hybridized carbons (Fsp3) is 0.391. The van der Waals surface area contributed by atoms with Crippen LogP contribution in [0.5, 0.6) is 0 Å². The summed E-state index contributed by atoms with van der Waals surface area (Å²) in [5.41, 5.74) is -3.83. The lowest BCUT2D eigenvalue weighted by Crippen LogP contribution is -2.39. The molecule has 2 heterocycles. The second-order valence-electron chi connectivity index (χ2n) is 8.03. The number of carbonyl (C=O) groups excluding carboxylic acids is 4. The molecule has 11 nitrogen and oxygen atoms in total. The summed E-state index contributed by atoms with van der Waals surface area (Å²) in [6, 6.07) is 4.49. The number of alkyl halides is 3. The summed E-state index contributed by atoms with van der Waals surface area (Å²) < 4.78 is 52.0. The van der Waals surface area contributed by atoms with E-state index in [9.17, 15) is 42.5 Å². The van der Waals surface area contributed by atoms with Crippen molar-refractivity contribution in [3.63, 3.8) is 0 Å². The van der Waals surface area contributed by atoms with Gasteiger partial charge in [0.2, 0.25) is 11.8 Å². The highest BCUT2D eigenvalue weighted by Crippen LogP contribution is 2.44. The van der Waals surface area contributed by atoms with E-state index in [-0.39, 0.29) is 37.3 Å². The van der Waals surface area contributed by atoms with Crippen LogP contribution in [0, 0.1) is 10.1 Å². The fourth-order valence-electron chi connectivity index (χ4n) is 4.08. The summed E-state index contributed by atoms with van der Waals surface area (Å²) >= 11 is 0. The predicted molar refractivity (Wildman–Crippen MR) is 118 cm³/mol. The van der Waals surface area contributed by atoms with Gasteiger partial charge in [-0.2, -0.15) is 13.2 Å². The number of ether oxygens (including phenoxy) is 2. The van der Waals surface area contributed by atoms with Gasteiger partial charge in [-0.15, -0.1) is 0 Å². The molecule has 14 heteroatoms. The van der Waals surface area contributed by atoms with Gasteiger partial charge in [-0.25, -0.2) is 9.59 Å². The van der Waals surface area contributed by atoms with Crippen molar-refractivity contribution in [3.05, 3.63) is 62.5 Å². The molecule has 3 rings (SSSR count). The molecule has 2 aliphatic rings.